The van der Waals surface area contributed by atoms with Gasteiger partial charge < -0.3 is 14.8 Å². The summed E-state index contributed by atoms with van der Waals surface area (Å²) >= 11 is 0. The van der Waals surface area contributed by atoms with E-state index in [2.05, 4.69) is 5.32 Å². The third kappa shape index (κ3) is 3.95. The molecule has 1 aliphatic heterocycles. The van der Waals surface area contributed by atoms with Crippen molar-refractivity contribution in [1.29, 1.82) is 0 Å². The number of aldehydes is 1. The predicted molar refractivity (Wildman–Crippen MR) is 76.9 cm³/mol. The highest BCUT2D eigenvalue weighted by molar-refractivity contribution is 5.98. The summed E-state index contributed by atoms with van der Waals surface area (Å²) < 4.78 is 5.67. The molecular weight excluding hydrogens is 254 g/mol. The highest BCUT2D eigenvalue weighted by Gasteiger charge is 2.16. The van der Waals surface area contributed by atoms with E-state index in [9.17, 15) is 9.59 Å². The van der Waals surface area contributed by atoms with Crippen molar-refractivity contribution in [2.24, 2.45) is 0 Å². The molecule has 4 heteroatoms. The van der Waals surface area contributed by atoms with Gasteiger partial charge in [0.25, 0.3) is 5.91 Å². The molecule has 1 atom stereocenters. The van der Waals surface area contributed by atoms with Crippen LogP contribution in [0, 0.1) is 0 Å². The molecule has 2 rings (SSSR count). The fourth-order valence-corrected chi connectivity index (χ4v) is 2.08. The number of carbonyl (C=O) groups is 2. The van der Waals surface area contributed by atoms with E-state index >= 15 is 0 Å². The normalized spacial score (nSPS) is 22.0. The molecule has 0 bridgehead atoms. The number of para-hydroxylation sites is 1. The molecule has 1 amide bonds. The van der Waals surface area contributed by atoms with E-state index in [1.807, 2.05) is 18.2 Å². The smallest absolute Gasteiger partial charge is 0.255 e. The first-order valence-electron chi connectivity index (χ1n) is 6.94. The number of hydrogen-bond donors (Lipinski definition) is 1. The van der Waals surface area contributed by atoms with E-state index in [1.54, 1.807) is 18.2 Å². The fraction of sp³-hybridized carbons (Fsp3) is 0.375. The monoisotopic (exact) mass is 273 g/mol. The molecule has 0 fully saturated rings. The van der Waals surface area contributed by atoms with Gasteiger partial charge in [-0.3, -0.25) is 4.79 Å². The molecule has 1 unspecified atom stereocenters. The summed E-state index contributed by atoms with van der Waals surface area (Å²) in [7, 11) is 0. The molecule has 0 aromatic heterocycles. The van der Waals surface area contributed by atoms with Crippen LogP contribution in [0.5, 0.6) is 5.75 Å². The summed E-state index contributed by atoms with van der Waals surface area (Å²) in [4.78, 5) is 23.2. The standard InChI is InChI=1S/C16H19NO3/c18-12-13-8-4-2-1-3-7-11-20-15-10-6-5-9-14(15)16(19)17-13/h2,4-6,9-10,12-13H,1,3,7-8,11H2,(H,17,19)/b4-2-. The van der Waals surface area contributed by atoms with Gasteiger partial charge in [0.2, 0.25) is 0 Å². The van der Waals surface area contributed by atoms with Crippen LogP contribution >= 0.6 is 0 Å². The van der Waals surface area contributed by atoms with E-state index in [-0.39, 0.29) is 5.91 Å². The van der Waals surface area contributed by atoms with Crippen LogP contribution in [0.15, 0.2) is 36.4 Å². The molecule has 20 heavy (non-hydrogen) atoms. The molecule has 0 spiro atoms. The largest absolute Gasteiger partial charge is 0.493 e. The lowest BCUT2D eigenvalue weighted by Gasteiger charge is -2.13. The van der Waals surface area contributed by atoms with Crippen LogP contribution in [-0.2, 0) is 4.79 Å². The molecule has 1 N–H and O–H groups in total. The van der Waals surface area contributed by atoms with Gasteiger partial charge >= 0.3 is 0 Å². The number of carbonyl (C=O) groups excluding carboxylic acids is 2. The maximum atomic E-state index is 12.2. The van der Waals surface area contributed by atoms with E-state index in [1.165, 1.54) is 0 Å². The van der Waals surface area contributed by atoms with E-state index in [0.29, 0.717) is 24.3 Å². The minimum absolute atomic E-state index is 0.273. The Hall–Kier alpha value is -2.10. The van der Waals surface area contributed by atoms with Gasteiger partial charge in [-0.2, -0.15) is 0 Å². The number of rotatable bonds is 1. The fourth-order valence-electron chi connectivity index (χ4n) is 2.08. The van der Waals surface area contributed by atoms with Crippen LogP contribution < -0.4 is 10.1 Å². The lowest BCUT2D eigenvalue weighted by atomic mass is 10.1. The number of nitrogens with one attached hydrogen (secondary N) is 1. The highest BCUT2D eigenvalue weighted by atomic mass is 16.5. The van der Waals surface area contributed by atoms with Gasteiger partial charge in [0, 0.05) is 0 Å². The van der Waals surface area contributed by atoms with Gasteiger partial charge in [-0.05, 0) is 37.8 Å². The molecule has 1 aliphatic rings. The molecule has 1 aromatic carbocycles. The SMILES string of the molecule is O=CC1C/C=C\CCCCOc2ccccc2C(=O)N1. The first kappa shape index (κ1) is 14.3. The zero-order valence-corrected chi connectivity index (χ0v) is 11.4. The summed E-state index contributed by atoms with van der Waals surface area (Å²) in [5.74, 6) is 0.298. The third-order valence-corrected chi connectivity index (χ3v) is 3.19. The predicted octanol–water partition coefficient (Wildman–Crippen LogP) is 2.49. The van der Waals surface area contributed by atoms with Crippen LogP contribution in [0.1, 0.15) is 36.0 Å². The molecule has 4 nitrogen and oxygen atoms in total. The number of hydrogen-bond acceptors (Lipinski definition) is 3. The van der Waals surface area contributed by atoms with Crippen molar-refractivity contribution in [1.82, 2.24) is 5.32 Å². The van der Waals surface area contributed by atoms with Gasteiger partial charge in [-0.25, -0.2) is 0 Å². The number of allylic oxidation sites excluding steroid dienone is 1. The minimum atomic E-state index is -0.493. The second kappa shape index (κ2) is 7.48. The number of amides is 1. The maximum Gasteiger partial charge on any atom is 0.255 e. The van der Waals surface area contributed by atoms with Crippen LogP contribution in [0.3, 0.4) is 0 Å². The Bertz CT molecular complexity index is 496. The quantitative estimate of drug-likeness (QED) is 0.632. The zero-order valence-electron chi connectivity index (χ0n) is 11.4. The average Bonchev–Trinajstić information content (AvgIpc) is 2.49. The Labute approximate surface area is 118 Å². The van der Waals surface area contributed by atoms with Gasteiger partial charge in [0.05, 0.1) is 18.2 Å². The number of benzene rings is 1. The Kier molecular flexibility index (Phi) is 5.35. The van der Waals surface area contributed by atoms with Crippen molar-refractivity contribution < 1.29 is 14.3 Å². The molecule has 1 aromatic rings. The minimum Gasteiger partial charge on any atom is -0.493 e. The van der Waals surface area contributed by atoms with Gasteiger partial charge in [-0.1, -0.05) is 24.3 Å². The summed E-state index contributed by atoms with van der Waals surface area (Å²) in [5, 5.41) is 2.72. The Balaban J connectivity index is 2.20. The second-order valence-corrected chi connectivity index (χ2v) is 4.76. The Morgan fingerprint density at radius 3 is 2.90 bits per heavy atom. The number of ether oxygens (including phenoxy) is 1. The summed E-state index contributed by atoms with van der Waals surface area (Å²) in [6.07, 6.45) is 8.23. The van der Waals surface area contributed by atoms with Gasteiger partial charge in [-0.15, -0.1) is 0 Å². The first-order chi connectivity index (χ1) is 9.81. The van der Waals surface area contributed by atoms with E-state index in [4.69, 9.17) is 4.74 Å². The first-order valence-corrected chi connectivity index (χ1v) is 6.94. The molecule has 0 radical (unpaired) electrons. The average molecular weight is 273 g/mol. The van der Waals surface area contributed by atoms with E-state index in [0.717, 1.165) is 25.5 Å². The summed E-state index contributed by atoms with van der Waals surface area (Å²) in [6.45, 7) is 0.593. The second-order valence-electron chi connectivity index (χ2n) is 4.76. The van der Waals surface area contributed by atoms with Crippen LogP contribution in [0.4, 0.5) is 0 Å². The van der Waals surface area contributed by atoms with Crippen molar-refractivity contribution in [3.05, 3.63) is 42.0 Å². The Morgan fingerprint density at radius 1 is 1.20 bits per heavy atom. The van der Waals surface area contributed by atoms with Crippen LogP contribution in [0.2, 0.25) is 0 Å². The summed E-state index contributed by atoms with van der Waals surface area (Å²) in [5.41, 5.74) is 0.475. The zero-order chi connectivity index (χ0) is 14.2. The van der Waals surface area contributed by atoms with Crippen molar-refractivity contribution in [3.8, 4) is 5.75 Å². The van der Waals surface area contributed by atoms with Crippen molar-refractivity contribution >= 4 is 12.2 Å². The van der Waals surface area contributed by atoms with Crippen molar-refractivity contribution in [2.45, 2.75) is 31.7 Å². The lowest BCUT2D eigenvalue weighted by molar-refractivity contribution is -0.109. The molecule has 0 aliphatic carbocycles. The lowest BCUT2D eigenvalue weighted by Crippen LogP contribution is -2.35. The maximum absolute atomic E-state index is 12.2. The number of fused-ring (bicyclic) bond motifs is 1. The van der Waals surface area contributed by atoms with Crippen LogP contribution in [0.25, 0.3) is 0 Å². The van der Waals surface area contributed by atoms with Crippen molar-refractivity contribution in [2.75, 3.05) is 6.61 Å². The molecule has 106 valence electrons. The topological polar surface area (TPSA) is 55.4 Å². The molecule has 0 saturated carbocycles. The third-order valence-electron chi connectivity index (χ3n) is 3.19. The van der Waals surface area contributed by atoms with Crippen LogP contribution in [-0.4, -0.2) is 24.8 Å². The highest BCUT2D eigenvalue weighted by Crippen LogP contribution is 2.19. The van der Waals surface area contributed by atoms with Gasteiger partial charge in [0.1, 0.15) is 12.0 Å². The van der Waals surface area contributed by atoms with Crippen molar-refractivity contribution in [3.63, 3.8) is 0 Å². The van der Waals surface area contributed by atoms with Gasteiger partial charge in [0.15, 0.2) is 0 Å². The summed E-state index contributed by atoms with van der Waals surface area (Å²) in [6, 6.07) is 6.62. The van der Waals surface area contributed by atoms with E-state index < -0.39 is 6.04 Å². The molecular formula is C16H19NO3. The Morgan fingerprint density at radius 2 is 2.05 bits per heavy atom. The molecule has 1 heterocycles. The molecule has 0 saturated heterocycles.